The summed E-state index contributed by atoms with van der Waals surface area (Å²) in [6, 6.07) is 11.7. The third-order valence-electron chi connectivity index (χ3n) is 4.13. The topological polar surface area (TPSA) is 32.3 Å². The molecule has 2 nitrogen and oxygen atoms in total. The molecule has 1 saturated carbocycles. The number of aliphatic hydroxyl groups is 1. The van der Waals surface area contributed by atoms with Crippen molar-refractivity contribution in [3.05, 3.63) is 35.9 Å². The van der Waals surface area contributed by atoms with Crippen molar-refractivity contribution in [1.82, 2.24) is 5.32 Å². The Kier molecular flexibility index (Phi) is 5.87. The zero-order valence-corrected chi connectivity index (χ0v) is 12.0. The first-order chi connectivity index (χ1) is 9.29. The fourth-order valence-corrected chi connectivity index (χ4v) is 3.04. The number of nitrogens with one attached hydrogen (secondary N) is 1. The number of hydrogen-bond donors (Lipinski definition) is 2. The van der Waals surface area contributed by atoms with E-state index in [-0.39, 0.29) is 6.10 Å². The lowest BCUT2D eigenvalue weighted by Gasteiger charge is -2.31. The molecule has 0 amide bonds. The predicted molar refractivity (Wildman–Crippen MR) is 80.1 cm³/mol. The van der Waals surface area contributed by atoms with Gasteiger partial charge in [0.15, 0.2) is 0 Å². The molecule has 1 aromatic rings. The third-order valence-corrected chi connectivity index (χ3v) is 4.13. The Labute approximate surface area is 117 Å². The Bertz CT molecular complexity index is 352. The summed E-state index contributed by atoms with van der Waals surface area (Å²) in [6.07, 6.45) is 7.81. The second-order valence-electron chi connectivity index (χ2n) is 5.79. The van der Waals surface area contributed by atoms with Crippen LogP contribution in [0.2, 0.25) is 0 Å². The van der Waals surface area contributed by atoms with Crippen molar-refractivity contribution in [2.45, 2.75) is 70.1 Å². The standard InChI is InChI=1S/C17H27NO/c1-2-3-12-17(14-8-5-4-6-9-14)18-15-10-7-11-16(19)13-15/h4-6,8-9,15-19H,2-3,7,10-13H2,1H3. The van der Waals surface area contributed by atoms with Gasteiger partial charge >= 0.3 is 0 Å². The summed E-state index contributed by atoms with van der Waals surface area (Å²) in [7, 11) is 0. The maximum absolute atomic E-state index is 9.80. The Morgan fingerprint density at radius 1 is 1.26 bits per heavy atom. The Balaban J connectivity index is 1.97. The van der Waals surface area contributed by atoms with Crippen molar-refractivity contribution in [2.75, 3.05) is 0 Å². The van der Waals surface area contributed by atoms with Gasteiger partial charge in [-0.15, -0.1) is 0 Å². The van der Waals surface area contributed by atoms with Crippen LogP contribution in [0.3, 0.4) is 0 Å². The summed E-state index contributed by atoms with van der Waals surface area (Å²) in [6.45, 7) is 2.24. The highest BCUT2D eigenvalue weighted by Gasteiger charge is 2.22. The van der Waals surface area contributed by atoms with Crippen molar-refractivity contribution in [3.63, 3.8) is 0 Å². The SMILES string of the molecule is CCCCC(NC1CCCC(O)C1)c1ccccc1. The van der Waals surface area contributed by atoms with Crippen LogP contribution in [0.4, 0.5) is 0 Å². The molecule has 3 unspecified atom stereocenters. The number of hydrogen-bond acceptors (Lipinski definition) is 2. The molecule has 2 N–H and O–H groups in total. The molecule has 0 aromatic heterocycles. The molecule has 0 aliphatic heterocycles. The molecular weight excluding hydrogens is 234 g/mol. The van der Waals surface area contributed by atoms with Crippen LogP contribution in [0.1, 0.15) is 63.5 Å². The van der Waals surface area contributed by atoms with Crippen molar-refractivity contribution in [3.8, 4) is 0 Å². The normalized spacial score (nSPS) is 25.2. The second kappa shape index (κ2) is 7.66. The van der Waals surface area contributed by atoms with Crippen LogP contribution in [0, 0.1) is 0 Å². The van der Waals surface area contributed by atoms with Crippen LogP contribution in [0.15, 0.2) is 30.3 Å². The molecular formula is C17H27NO. The minimum absolute atomic E-state index is 0.103. The Morgan fingerprint density at radius 3 is 2.74 bits per heavy atom. The van der Waals surface area contributed by atoms with Crippen LogP contribution in [0.25, 0.3) is 0 Å². The van der Waals surface area contributed by atoms with E-state index in [1.807, 2.05) is 0 Å². The van der Waals surface area contributed by atoms with Gasteiger partial charge in [0.2, 0.25) is 0 Å². The van der Waals surface area contributed by atoms with Crippen LogP contribution in [-0.2, 0) is 0 Å². The number of aliphatic hydroxyl groups excluding tert-OH is 1. The van der Waals surface area contributed by atoms with Gasteiger partial charge in [-0.2, -0.15) is 0 Å². The average molecular weight is 261 g/mol. The van der Waals surface area contributed by atoms with Gasteiger partial charge in [-0.25, -0.2) is 0 Å². The van der Waals surface area contributed by atoms with E-state index in [0.29, 0.717) is 12.1 Å². The lowest BCUT2D eigenvalue weighted by Crippen LogP contribution is -2.38. The molecule has 1 aliphatic rings. The number of unbranched alkanes of at least 4 members (excludes halogenated alkanes) is 1. The Morgan fingerprint density at radius 2 is 2.05 bits per heavy atom. The molecule has 1 aliphatic carbocycles. The molecule has 1 fully saturated rings. The summed E-state index contributed by atoms with van der Waals surface area (Å²) < 4.78 is 0. The monoisotopic (exact) mass is 261 g/mol. The fraction of sp³-hybridized carbons (Fsp3) is 0.647. The van der Waals surface area contributed by atoms with Gasteiger partial charge in [0, 0.05) is 12.1 Å². The van der Waals surface area contributed by atoms with E-state index in [2.05, 4.69) is 42.6 Å². The maximum Gasteiger partial charge on any atom is 0.0555 e. The van der Waals surface area contributed by atoms with Gasteiger partial charge in [0.05, 0.1) is 6.10 Å². The largest absolute Gasteiger partial charge is 0.393 e. The minimum atomic E-state index is -0.103. The van der Waals surface area contributed by atoms with Crippen molar-refractivity contribution in [2.24, 2.45) is 0 Å². The Hall–Kier alpha value is -0.860. The molecule has 106 valence electrons. The van der Waals surface area contributed by atoms with Crippen LogP contribution in [-0.4, -0.2) is 17.3 Å². The summed E-state index contributed by atoms with van der Waals surface area (Å²) in [5.41, 5.74) is 1.39. The molecule has 1 aromatic carbocycles. The molecule has 2 rings (SSSR count). The molecule has 0 bridgehead atoms. The predicted octanol–water partition coefficient (Wildman–Crippen LogP) is 3.81. The molecule has 0 spiro atoms. The second-order valence-corrected chi connectivity index (χ2v) is 5.79. The van der Waals surface area contributed by atoms with Crippen molar-refractivity contribution >= 4 is 0 Å². The summed E-state index contributed by atoms with van der Waals surface area (Å²) in [5.74, 6) is 0. The zero-order chi connectivity index (χ0) is 13.5. The quantitative estimate of drug-likeness (QED) is 0.816. The van der Waals surface area contributed by atoms with Gasteiger partial charge in [-0.3, -0.25) is 0 Å². The smallest absolute Gasteiger partial charge is 0.0555 e. The highest BCUT2D eigenvalue weighted by molar-refractivity contribution is 5.19. The molecule has 0 heterocycles. The highest BCUT2D eigenvalue weighted by atomic mass is 16.3. The van der Waals surface area contributed by atoms with Crippen LogP contribution >= 0.6 is 0 Å². The average Bonchev–Trinajstić information content (AvgIpc) is 2.44. The lowest BCUT2D eigenvalue weighted by molar-refractivity contribution is 0.108. The van der Waals surface area contributed by atoms with Gasteiger partial charge in [-0.05, 0) is 37.7 Å². The molecule has 3 atom stereocenters. The van der Waals surface area contributed by atoms with E-state index < -0.39 is 0 Å². The van der Waals surface area contributed by atoms with Crippen LogP contribution in [0.5, 0.6) is 0 Å². The first kappa shape index (κ1) is 14.5. The van der Waals surface area contributed by atoms with E-state index in [1.54, 1.807) is 0 Å². The van der Waals surface area contributed by atoms with E-state index in [4.69, 9.17) is 0 Å². The van der Waals surface area contributed by atoms with E-state index >= 15 is 0 Å². The third kappa shape index (κ3) is 4.63. The molecule has 2 heteroatoms. The number of rotatable bonds is 6. The summed E-state index contributed by atoms with van der Waals surface area (Å²) >= 11 is 0. The van der Waals surface area contributed by atoms with Crippen LogP contribution < -0.4 is 5.32 Å². The van der Waals surface area contributed by atoms with Crippen molar-refractivity contribution < 1.29 is 5.11 Å². The fourth-order valence-electron chi connectivity index (χ4n) is 3.04. The molecule has 19 heavy (non-hydrogen) atoms. The molecule has 0 radical (unpaired) electrons. The highest BCUT2D eigenvalue weighted by Crippen LogP contribution is 2.25. The number of benzene rings is 1. The first-order valence-electron chi connectivity index (χ1n) is 7.78. The zero-order valence-electron chi connectivity index (χ0n) is 12.0. The lowest BCUT2D eigenvalue weighted by atomic mass is 9.91. The van der Waals surface area contributed by atoms with Gasteiger partial charge in [0.1, 0.15) is 0 Å². The van der Waals surface area contributed by atoms with Crippen molar-refractivity contribution in [1.29, 1.82) is 0 Å². The minimum Gasteiger partial charge on any atom is -0.393 e. The van der Waals surface area contributed by atoms with Gasteiger partial charge < -0.3 is 10.4 Å². The van der Waals surface area contributed by atoms with E-state index in [9.17, 15) is 5.11 Å². The van der Waals surface area contributed by atoms with Gasteiger partial charge in [-0.1, -0.05) is 50.1 Å². The van der Waals surface area contributed by atoms with Gasteiger partial charge in [0.25, 0.3) is 0 Å². The first-order valence-corrected chi connectivity index (χ1v) is 7.78. The molecule has 0 saturated heterocycles. The summed E-state index contributed by atoms with van der Waals surface area (Å²) in [5, 5.41) is 13.6. The maximum atomic E-state index is 9.80. The summed E-state index contributed by atoms with van der Waals surface area (Å²) in [4.78, 5) is 0. The van der Waals surface area contributed by atoms with E-state index in [1.165, 1.54) is 31.2 Å². The van der Waals surface area contributed by atoms with E-state index in [0.717, 1.165) is 19.3 Å².